The predicted octanol–water partition coefficient (Wildman–Crippen LogP) is 1.48. The average Bonchev–Trinajstić information content (AvgIpc) is 2.97. The van der Waals surface area contributed by atoms with Crippen LogP contribution in [-0.4, -0.2) is 28.9 Å². The van der Waals surface area contributed by atoms with Crippen molar-refractivity contribution in [2.24, 2.45) is 0 Å². The van der Waals surface area contributed by atoms with Crippen LogP contribution >= 0.6 is 11.3 Å². The second-order valence-electron chi connectivity index (χ2n) is 5.60. The Morgan fingerprint density at radius 3 is 2.71 bits per heavy atom. The Morgan fingerprint density at radius 1 is 1.17 bits per heavy atom. The summed E-state index contributed by atoms with van der Waals surface area (Å²) in [5, 5.41) is 9.36. The number of thiophene rings is 1. The first-order valence-electron chi connectivity index (χ1n) is 7.37. The molecule has 4 rings (SSSR count). The molecule has 1 saturated carbocycles. The number of hydrogen-bond donors (Lipinski definition) is 3. The van der Waals surface area contributed by atoms with Crippen molar-refractivity contribution >= 4 is 34.3 Å². The number of fused-ring (bicyclic) bond motifs is 1. The molecule has 7 nitrogen and oxygen atoms in total. The van der Waals surface area contributed by atoms with Gasteiger partial charge in [-0.3, -0.25) is 14.6 Å². The van der Waals surface area contributed by atoms with Gasteiger partial charge in [0.15, 0.2) is 5.58 Å². The Balaban J connectivity index is 1.42. The maximum absolute atomic E-state index is 12.4. The Hall–Kier alpha value is -2.87. The molecule has 2 amide bonds. The van der Waals surface area contributed by atoms with Crippen LogP contribution in [0, 0.1) is 0 Å². The van der Waals surface area contributed by atoms with E-state index in [-0.39, 0.29) is 23.9 Å². The van der Waals surface area contributed by atoms with Crippen molar-refractivity contribution in [3.63, 3.8) is 0 Å². The second-order valence-corrected chi connectivity index (χ2v) is 6.38. The Kier molecular flexibility index (Phi) is 3.46. The van der Waals surface area contributed by atoms with E-state index in [0.717, 1.165) is 0 Å². The number of rotatable bonds is 4. The minimum Gasteiger partial charge on any atom is -0.408 e. The Bertz CT molecular complexity index is 973. The molecule has 0 radical (unpaired) electrons. The van der Waals surface area contributed by atoms with Gasteiger partial charge in [0.2, 0.25) is 0 Å². The number of carbonyl (C=O) groups excluding carboxylic acids is 2. The molecule has 3 N–H and O–H groups in total. The van der Waals surface area contributed by atoms with Crippen LogP contribution in [0.1, 0.15) is 27.1 Å². The van der Waals surface area contributed by atoms with Crippen LogP contribution < -0.4 is 16.4 Å². The number of benzene rings is 1. The highest BCUT2D eigenvalue weighted by Gasteiger charge is 2.40. The molecule has 0 aliphatic heterocycles. The summed E-state index contributed by atoms with van der Waals surface area (Å²) in [7, 11) is 0. The van der Waals surface area contributed by atoms with E-state index in [9.17, 15) is 14.4 Å². The minimum atomic E-state index is -0.599. The Labute approximate surface area is 139 Å². The van der Waals surface area contributed by atoms with Gasteiger partial charge in [0.05, 0.1) is 23.2 Å². The summed E-state index contributed by atoms with van der Waals surface area (Å²) in [6.45, 7) is 0. The monoisotopic (exact) mass is 343 g/mol. The smallest absolute Gasteiger partial charge is 0.408 e. The molecule has 2 aromatic heterocycles. The molecule has 1 aliphatic carbocycles. The van der Waals surface area contributed by atoms with Crippen LogP contribution in [0.25, 0.3) is 11.1 Å². The van der Waals surface area contributed by atoms with Crippen molar-refractivity contribution in [1.29, 1.82) is 0 Å². The summed E-state index contributed by atoms with van der Waals surface area (Å²) in [4.78, 5) is 38.2. The van der Waals surface area contributed by atoms with E-state index in [1.54, 1.807) is 29.6 Å². The highest BCUT2D eigenvalue weighted by molar-refractivity contribution is 7.08. The molecule has 24 heavy (non-hydrogen) atoms. The standard InChI is InChI=1S/C16H13N3O4S/c20-14(8-4-5-24-7-8)17-10-6-11(10)18-15(21)9-2-1-3-12-13(9)19-16(22)23-12/h1-5,7,10-11H,6H2,(H,17,20)(H,18,21)(H,19,22)/t10-,11-/m0/s1. The molecular weight excluding hydrogens is 330 g/mol. The molecule has 0 unspecified atom stereocenters. The fourth-order valence-corrected chi connectivity index (χ4v) is 3.20. The number of para-hydroxylation sites is 1. The number of amides is 2. The van der Waals surface area contributed by atoms with Crippen molar-refractivity contribution in [1.82, 2.24) is 15.6 Å². The lowest BCUT2D eigenvalue weighted by Crippen LogP contribution is -2.34. The molecule has 0 bridgehead atoms. The first-order valence-corrected chi connectivity index (χ1v) is 8.32. The van der Waals surface area contributed by atoms with Gasteiger partial charge in [-0.05, 0) is 30.0 Å². The third-order valence-corrected chi connectivity index (χ3v) is 4.59. The SMILES string of the molecule is O=C(N[C@H]1C[C@@H]1NC(=O)c1cccc2oc(=O)[nH]c12)c1ccsc1. The van der Waals surface area contributed by atoms with E-state index in [1.807, 2.05) is 5.38 Å². The van der Waals surface area contributed by atoms with E-state index in [0.29, 0.717) is 28.6 Å². The van der Waals surface area contributed by atoms with Crippen molar-refractivity contribution in [3.05, 3.63) is 56.7 Å². The van der Waals surface area contributed by atoms with Gasteiger partial charge in [0.25, 0.3) is 11.8 Å². The van der Waals surface area contributed by atoms with Gasteiger partial charge >= 0.3 is 5.76 Å². The van der Waals surface area contributed by atoms with Gasteiger partial charge in [0, 0.05) is 10.9 Å². The number of aromatic nitrogens is 1. The second kappa shape index (κ2) is 5.64. The van der Waals surface area contributed by atoms with Gasteiger partial charge in [0.1, 0.15) is 0 Å². The molecule has 1 fully saturated rings. The molecule has 2 atom stereocenters. The maximum atomic E-state index is 12.4. The van der Waals surface area contributed by atoms with E-state index < -0.39 is 5.76 Å². The average molecular weight is 343 g/mol. The first-order chi connectivity index (χ1) is 11.6. The van der Waals surface area contributed by atoms with Gasteiger partial charge in [-0.25, -0.2) is 4.79 Å². The number of aromatic amines is 1. The summed E-state index contributed by atoms with van der Waals surface area (Å²) < 4.78 is 4.95. The van der Waals surface area contributed by atoms with Gasteiger partial charge in [-0.1, -0.05) is 6.07 Å². The predicted molar refractivity (Wildman–Crippen MR) is 88.3 cm³/mol. The van der Waals surface area contributed by atoms with Crippen LogP contribution in [0.2, 0.25) is 0 Å². The van der Waals surface area contributed by atoms with Crippen molar-refractivity contribution in [2.75, 3.05) is 0 Å². The van der Waals surface area contributed by atoms with Crippen LogP contribution in [0.4, 0.5) is 0 Å². The summed E-state index contributed by atoms with van der Waals surface area (Å²) in [5.41, 5.74) is 1.68. The normalized spacial score (nSPS) is 19.2. The van der Waals surface area contributed by atoms with Gasteiger partial charge in [-0.15, -0.1) is 0 Å². The van der Waals surface area contributed by atoms with Crippen LogP contribution in [-0.2, 0) is 0 Å². The summed E-state index contributed by atoms with van der Waals surface area (Å²) in [6.07, 6.45) is 0.680. The van der Waals surface area contributed by atoms with Crippen molar-refractivity contribution in [2.45, 2.75) is 18.5 Å². The van der Waals surface area contributed by atoms with E-state index in [2.05, 4.69) is 15.6 Å². The first kappa shape index (κ1) is 14.7. The third-order valence-electron chi connectivity index (χ3n) is 3.91. The van der Waals surface area contributed by atoms with Crippen LogP contribution in [0.3, 0.4) is 0 Å². The van der Waals surface area contributed by atoms with Crippen molar-refractivity contribution in [3.8, 4) is 0 Å². The molecule has 8 heteroatoms. The molecule has 122 valence electrons. The Morgan fingerprint density at radius 2 is 1.96 bits per heavy atom. The molecule has 0 spiro atoms. The lowest BCUT2D eigenvalue weighted by Gasteiger charge is -2.06. The highest BCUT2D eigenvalue weighted by atomic mass is 32.1. The van der Waals surface area contributed by atoms with Gasteiger partial charge in [-0.2, -0.15) is 11.3 Å². The third kappa shape index (κ3) is 2.71. The van der Waals surface area contributed by atoms with Crippen LogP contribution in [0.15, 0.2) is 44.2 Å². The molecule has 1 aliphatic rings. The molecule has 0 saturated heterocycles. The maximum Gasteiger partial charge on any atom is 0.417 e. The highest BCUT2D eigenvalue weighted by Crippen LogP contribution is 2.23. The van der Waals surface area contributed by atoms with Crippen molar-refractivity contribution < 1.29 is 14.0 Å². The molecule has 2 heterocycles. The fraction of sp³-hybridized carbons (Fsp3) is 0.188. The largest absolute Gasteiger partial charge is 0.417 e. The topological polar surface area (TPSA) is 104 Å². The number of oxazole rings is 1. The minimum absolute atomic E-state index is 0.0797. The molecule has 3 aromatic rings. The number of hydrogen-bond acceptors (Lipinski definition) is 5. The van der Waals surface area contributed by atoms with E-state index in [4.69, 9.17) is 4.42 Å². The number of nitrogens with one attached hydrogen (secondary N) is 3. The molecular formula is C16H13N3O4S. The fourth-order valence-electron chi connectivity index (χ4n) is 2.57. The van der Waals surface area contributed by atoms with Gasteiger partial charge < -0.3 is 15.1 Å². The summed E-state index contributed by atoms with van der Waals surface area (Å²) in [6, 6.07) is 6.44. The molecule has 1 aromatic carbocycles. The zero-order valence-corrected chi connectivity index (χ0v) is 13.2. The number of H-pyrrole nitrogens is 1. The lowest BCUT2D eigenvalue weighted by atomic mass is 10.2. The number of carbonyl (C=O) groups is 2. The summed E-state index contributed by atoms with van der Waals surface area (Å²) in [5.74, 6) is -1.05. The van der Waals surface area contributed by atoms with E-state index in [1.165, 1.54) is 11.3 Å². The zero-order chi connectivity index (χ0) is 16.7. The summed E-state index contributed by atoms with van der Waals surface area (Å²) >= 11 is 1.46. The quantitative estimate of drug-likeness (QED) is 0.667. The van der Waals surface area contributed by atoms with Crippen LogP contribution in [0.5, 0.6) is 0 Å². The zero-order valence-electron chi connectivity index (χ0n) is 12.4. The lowest BCUT2D eigenvalue weighted by molar-refractivity contribution is 0.0927. The van der Waals surface area contributed by atoms with E-state index >= 15 is 0 Å².